The van der Waals surface area contributed by atoms with Gasteiger partial charge in [-0.25, -0.2) is 4.98 Å². The fourth-order valence-corrected chi connectivity index (χ4v) is 5.29. The monoisotopic (exact) mass is 435 g/mol. The molecule has 166 valence electrons. The summed E-state index contributed by atoms with van der Waals surface area (Å²) in [5.74, 6) is 4.05. The van der Waals surface area contributed by atoms with Crippen molar-refractivity contribution in [1.82, 2.24) is 14.5 Å². The Bertz CT molecular complexity index is 1250. The lowest BCUT2D eigenvalue weighted by Crippen LogP contribution is -2.46. The molecule has 8 nitrogen and oxygen atoms in total. The molecule has 2 bridgehead atoms. The maximum Gasteiger partial charge on any atom is 0.250 e. The van der Waals surface area contributed by atoms with Gasteiger partial charge in [-0.15, -0.1) is 0 Å². The minimum atomic E-state index is 0.113. The molecule has 3 aliphatic rings. The van der Waals surface area contributed by atoms with Crippen LogP contribution in [0, 0.1) is 12.8 Å². The van der Waals surface area contributed by atoms with Crippen molar-refractivity contribution in [1.29, 1.82) is 0 Å². The van der Waals surface area contributed by atoms with Crippen molar-refractivity contribution in [2.24, 2.45) is 5.92 Å². The van der Waals surface area contributed by atoms with Crippen LogP contribution in [0.25, 0.3) is 11.5 Å². The van der Waals surface area contributed by atoms with E-state index in [-0.39, 0.29) is 12.4 Å². The summed E-state index contributed by atoms with van der Waals surface area (Å²) < 4.78 is 24.5. The van der Waals surface area contributed by atoms with Gasteiger partial charge in [-0.3, -0.25) is 9.69 Å². The van der Waals surface area contributed by atoms with Gasteiger partial charge in [0.1, 0.15) is 5.76 Å². The first-order valence-electron chi connectivity index (χ1n) is 11.0. The van der Waals surface area contributed by atoms with Crippen molar-refractivity contribution in [2.45, 2.75) is 32.4 Å². The molecule has 0 aliphatic carbocycles. The highest BCUT2D eigenvalue weighted by molar-refractivity contribution is 5.66. The van der Waals surface area contributed by atoms with Crippen LogP contribution in [0.3, 0.4) is 0 Å². The van der Waals surface area contributed by atoms with Crippen LogP contribution in [0.2, 0.25) is 0 Å². The number of hydrogen-bond donors (Lipinski definition) is 0. The number of likely N-dealkylation sites (tertiary alicyclic amines) is 1. The lowest BCUT2D eigenvalue weighted by molar-refractivity contribution is 0.113. The Morgan fingerprint density at radius 3 is 2.97 bits per heavy atom. The molecular weight excluding hydrogens is 410 g/mol. The molecule has 0 N–H and O–H groups in total. The predicted octanol–water partition coefficient (Wildman–Crippen LogP) is 3.17. The van der Waals surface area contributed by atoms with E-state index in [1.54, 1.807) is 13.2 Å². The first kappa shape index (κ1) is 19.4. The van der Waals surface area contributed by atoms with E-state index in [0.29, 0.717) is 35.0 Å². The Labute approximate surface area is 185 Å². The van der Waals surface area contributed by atoms with Gasteiger partial charge in [0.05, 0.1) is 12.8 Å². The molecule has 2 atom stereocenters. The average molecular weight is 435 g/mol. The molecule has 3 aliphatic heterocycles. The number of benzene rings is 1. The number of piperidine rings is 1. The topological polar surface area (TPSA) is 79.0 Å². The zero-order valence-electron chi connectivity index (χ0n) is 18.2. The molecule has 1 saturated heterocycles. The zero-order chi connectivity index (χ0) is 21.8. The fraction of sp³-hybridized carbons (Fsp3) is 0.417. The van der Waals surface area contributed by atoms with Crippen molar-refractivity contribution >= 4 is 0 Å². The molecule has 6 rings (SSSR count). The highest BCUT2D eigenvalue weighted by Crippen LogP contribution is 2.44. The maximum absolute atomic E-state index is 12.3. The Kier molecular flexibility index (Phi) is 4.50. The van der Waals surface area contributed by atoms with Crippen LogP contribution >= 0.6 is 0 Å². The Morgan fingerprint density at radius 2 is 2.09 bits per heavy atom. The molecule has 0 unspecified atom stereocenters. The van der Waals surface area contributed by atoms with Gasteiger partial charge in [0, 0.05) is 49.4 Å². The third kappa shape index (κ3) is 3.17. The highest BCUT2D eigenvalue weighted by Gasteiger charge is 2.35. The van der Waals surface area contributed by atoms with E-state index in [1.807, 2.05) is 29.7 Å². The van der Waals surface area contributed by atoms with Gasteiger partial charge < -0.3 is 23.2 Å². The molecule has 0 spiro atoms. The normalized spacial score (nSPS) is 21.4. The summed E-state index contributed by atoms with van der Waals surface area (Å²) in [6.07, 6.45) is 1.14. The lowest BCUT2D eigenvalue weighted by Gasteiger charge is -2.42. The van der Waals surface area contributed by atoms with Crippen molar-refractivity contribution in [3.63, 3.8) is 0 Å². The van der Waals surface area contributed by atoms with Crippen LogP contribution < -0.4 is 19.8 Å². The number of oxazole rings is 1. The van der Waals surface area contributed by atoms with E-state index in [1.165, 1.54) is 0 Å². The summed E-state index contributed by atoms with van der Waals surface area (Å²) in [6.45, 7) is 5.52. The summed E-state index contributed by atoms with van der Waals surface area (Å²) >= 11 is 0. The average Bonchev–Trinajstić information content (AvgIpc) is 3.40. The summed E-state index contributed by atoms with van der Waals surface area (Å²) in [5.41, 5.74) is 3.00. The minimum Gasteiger partial charge on any atom is -0.493 e. The van der Waals surface area contributed by atoms with E-state index < -0.39 is 0 Å². The Morgan fingerprint density at radius 1 is 1.19 bits per heavy atom. The predicted molar refractivity (Wildman–Crippen MR) is 116 cm³/mol. The molecule has 0 amide bonds. The van der Waals surface area contributed by atoms with Gasteiger partial charge in [-0.1, -0.05) is 6.07 Å². The fourth-order valence-electron chi connectivity index (χ4n) is 5.29. The van der Waals surface area contributed by atoms with Crippen LogP contribution in [0.15, 0.2) is 39.5 Å². The molecule has 0 radical (unpaired) electrons. The third-order valence-electron chi connectivity index (χ3n) is 6.73. The van der Waals surface area contributed by atoms with Crippen LogP contribution in [-0.4, -0.2) is 41.4 Å². The summed E-state index contributed by atoms with van der Waals surface area (Å²) in [6, 6.07) is 9.37. The van der Waals surface area contributed by atoms with E-state index in [0.717, 1.165) is 55.3 Å². The van der Waals surface area contributed by atoms with Crippen LogP contribution in [0.5, 0.6) is 17.2 Å². The van der Waals surface area contributed by atoms with E-state index >= 15 is 0 Å². The standard InChI is InChI=1S/C24H25N3O5/c1-14-18(25-24(32-14)16-7-20(29-2)23-21(8-16)30-13-31-23)12-26-9-15-6-17(11-26)19-4-3-5-22(28)27(19)10-15/h3-5,7-8,15,17H,6,9-13H2,1-2H3/t15-,17-/m0/s1. The number of pyridine rings is 1. The number of ether oxygens (including phenoxy) is 3. The van der Waals surface area contributed by atoms with Gasteiger partial charge >= 0.3 is 0 Å². The summed E-state index contributed by atoms with van der Waals surface area (Å²) in [5, 5.41) is 0. The molecule has 5 heterocycles. The molecule has 1 fully saturated rings. The minimum absolute atomic E-state index is 0.113. The zero-order valence-corrected chi connectivity index (χ0v) is 18.2. The smallest absolute Gasteiger partial charge is 0.250 e. The maximum atomic E-state index is 12.3. The molecule has 3 aromatic rings. The summed E-state index contributed by atoms with van der Waals surface area (Å²) in [4.78, 5) is 19.5. The van der Waals surface area contributed by atoms with Crippen LogP contribution in [0.1, 0.15) is 29.5 Å². The second kappa shape index (κ2) is 7.41. The molecule has 2 aromatic heterocycles. The first-order chi connectivity index (χ1) is 15.6. The van der Waals surface area contributed by atoms with E-state index in [2.05, 4.69) is 11.0 Å². The van der Waals surface area contributed by atoms with Gasteiger partial charge in [0.25, 0.3) is 5.56 Å². The number of rotatable bonds is 4. The van der Waals surface area contributed by atoms with E-state index in [4.69, 9.17) is 23.6 Å². The van der Waals surface area contributed by atoms with Crippen molar-refractivity contribution in [3.05, 3.63) is 57.8 Å². The number of methoxy groups -OCH3 is 1. The number of aromatic nitrogens is 2. The number of aryl methyl sites for hydroxylation is 1. The highest BCUT2D eigenvalue weighted by atomic mass is 16.7. The SMILES string of the molecule is COc1cc(-c2nc(CN3C[C@@H]4C[C@@H](C3)c3cccc(=O)n3C4)c(C)o2)cc2c1OCO2. The second-order valence-electron chi connectivity index (χ2n) is 8.83. The van der Waals surface area contributed by atoms with Crippen LogP contribution in [0.4, 0.5) is 0 Å². The second-order valence-corrected chi connectivity index (χ2v) is 8.83. The molecular formula is C24H25N3O5. The Balaban J connectivity index is 1.25. The number of hydrogen-bond acceptors (Lipinski definition) is 7. The van der Waals surface area contributed by atoms with Crippen molar-refractivity contribution in [2.75, 3.05) is 27.0 Å². The molecule has 1 aromatic carbocycles. The lowest BCUT2D eigenvalue weighted by atomic mass is 9.83. The van der Waals surface area contributed by atoms with E-state index in [9.17, 15) is 4.79 Å². The van der Waals surface area contributed by atoms with Gasteiger partial charge in [-0.05, 0) is 37.5 Å². The van der Waals surface area contributed by atoms with Crippen LogP contribution in [-0.2, 0) is 13.1 Å². The quantitative estimate of drug-likeness (QED) is 0.623. The summed E-state index contributed by atoms with van der Waals surface area (Å²) in [7, 11) is 1.60. The molecule has 32 heavy (non-hydrogen) atoms. The van der Waals surface area contributed by atoms with Gasteiger partial charge in [0.15, 0.2) is 11.5 Å². The van der Waals surface area contributed by atoms with Crippen molar-refractivity contribution in [3.8, 4) is 28.7 Å². The third-order valence-corrected chi connectivity index (χ3v) is 6.73. The largest absolute Gasteiger partial charge is 0.493 e. The molecule has 0 saturated carbocycles. The van der Waals surface area contributed by atoms with Gasteiger partial charge in [-0.2, -0.15) is 0 Å². The molecule has 8 heteroatoms. The first-order valence-corrected chi connectivity index (χ1v) is 11.0. The van der Waals surface area contributed by atoms with Crippen molar-refractivity contribution < 1.29 is 18.6 Å². The Hall–Kier alpha value is -3.26. The van der Waals surface area contributed by atoms with Gasteiger partial charge in [0.2, 0.25) is 18.4 Å². The number of nitrogens with zero attached hydrogens (tertiary/aromatic N) is 3. The number of fused-ring (bicyclic) bond motifs is 5.